The van der Waals surface area contributed by atoms with Crippen LogP contribution in [0.4, 0.5) is 5.00 Å². The Bertz CT molecular complexity index is 792. The molecule has 23 heavy (non-hydrogen) atoms. The van der Waals surface area contributed by atoms with Gasteiger partial charge in [-0.15, -0.1) is 11.3 Å². The molecular weight excluding hydrogens is 355 g/mol. The molecule has 1 fully saturated rings. The molecule has 1 saturated heterocycles. The summed E-state index contributed by atoms with van der Waals surface area (Å²) in [7, 11) is 0. The van der Waals surface area contributed by atoms with Crippen molar-refractivity contribution >= 4 is 45.4 Å². The Morgan fingerprint density at radius 2 is 2.22 bits per heavy atom. The van der Waals surface area contributed by atoms with Crippen LogP contribution >= 0.6 is 34.5 Å². The lowest BCUT2D eigenvalue weighted by atomic mass is 10.0. The van der Waals surface area contributed by atoms with Gasteiger partial charge in [-0.05, 0) is 25.0 Å². The van der Waals surface area contributed by atoms with Gasteiger partial charge in [0, 0.05) is 33.2 Å². The van der Waals surface area contributed by atoms with Crippen LogP contribution in [0.1, 0.15) is 18.4 Å². The van der Waals surface area contributed by atoms with E-state index in [0.29, 0.717) is 44.8 Å². The van der Waals surface area contributed by atoms with Crippen molar-refractivity contribution in [2.75, 3.05) is 11.9 Å². The van der Waals surface area contributed by atoms with E-state index in [1.165, 1.54) is 11.3 Å². The first kappa shape index (κ1) is 16.3. The predicted molar refractivity (Wildman–Crippen MR) is 92.1 cm³/mol. The number of benzene rings is 1. The van der Waals surface area contributed by atoms with Gasteiger partial charge in [0.2, 0.25) is 0 Å². The maximum atomic E-state index is 12.2. The first-order valence-electron chi connectivity index (χ1n) is 6.99. The molecule has 4 nitrogen and oxygen atoms in total. The van der Waals surface area contributed by atoms with Crippen molar-refractivity contribution in [3.63, 3.8) is 0 Å². The third kappa shape index (κ3) is 3.36. The molecule has 1 aliphatic rings. The molecule has 7 heteroatoms. The molecule has 1 aromatic carbocycles. The van der Waals surface area contributed by atoms with Crippen LogP contribution in [0.3, 0.4) is 0 Å². The van der Waals surface area contributed by atoms with Crippen LogP contribution < -0.4 is 5.32 Å². The van der Waals surface area contributed by atoms with Crippen molar-refractivity contribution in [1.82, 2.24) is 0 Å². The van der Waals surface area contributed by atoms with Gasteiger partial charge in [-0.25, -0.2) is 0 Å². The minimum Gasteiger partial charge on any atom is -0.368 e. The monoisotopic (exact) mass is 366 g/mol. The standard InChI is InChI=1S/C16H12Cl2N2O2S/c17-9-3-4-10(13(18)6-9)12-8-23-16(11(12)7-19)20-15(21)14-2-1-5-22-14/h3-4,6,8,14H,1-2,5H2,(H,20,21)/t14-/m1/s1. The molecule has 0 aliphatic carbocycles. The topological polar surface area (TPSA) is 62.1 Å². The average molecular weight is 367 g/mol. The van der Waals surface area contributed by atoms with Gasteiger partial charge in [0.1, 0.15) is 17.2 Å². The van der Waals surface area contributed by atoms with E-state index in [2.05, 4.69) is 11.4 Å². The number of rotatable bonds is 3. The summed E-state index contributed by atoms with van der Waals surface area (Å²) in [6, 6.07) is 7.25. The van der Waals surface area contributed by atoms with Crippen molar-refractivity contribution in [3.05, 3.63) is 39.2 Å². The number of anilines is 1. The van der Waals surface area contributed by atoms with Crippen molar-refractivity contribution < 1.29 is 9.53 Å². The quantitative estimate of drug-likeness (QED) is 0.855. The Kier molecular flexibility index (Phi) is 4.88. The Labute approximate surface area is 147 Å². The minimum atomic E-state index is -0.439. The van der Waals surface area contributed by atoms with Crippen LogP contribution in [0.5, 0.6) is 0 Å². The number of carbonyl (C=O) groups is 1. The molecule has 1 aromatic heterocycles. The number of nitrogens with one attached hydrogen (secondary N) is 1. The van der Waals surface area contributed by atoms with Crippen LogP contribution in [0.15, 0.2) is 23.6 Å². The number of hydrogen-bond acceptors (Lipinski definition) is 4. The molecule has 118 valence electrons. The van der Waals surface area contributed by atoms with Crippen molar-refractivity contribution in [2.45, 2.75) is 18.9 Å². The molecule has 3 rings (SSSR count). The molecule has 0 saturated carbocycles. The highest BCUT2D eigenvalue weighted by Gasteiger charge is 2.25. The minimum absolute atomic E-state index is 0.213. The molecule has 0 unspecified atom stereocenters. The van der Waals surface area contributed by atoms with Crippen LogP contribution in [-0.4, -0.2) is 18.6 Å². The van der Waals surface area contributed by atoms with E-state index in [1.54, 1.807) is 23.6 Å². The number of nitriles is 1. The van der Waals surface area contributed by atoms with Gasteiger partial charge in [-0.1, -0.05) is 29.3 Å². The van der Waals surface area contributed by atoms with Gasteiger partial charge in [0.25, 0.3) is 5.91 Å². The molecule has 2 aromatic rings. The van der Waals surface area contributed by atoms with Crippen molar-refractivity contribution in [3.8, 4) is 17.2 Å². The summed E-state index contributed by atoms with van der Waals surface area (Å²) in [4.78, 5) is 12.2. The second kappa shape index (κ2) is 6.90. The fourth-order valence-electron chi connectivity index (χ4n) is 2.44. The lowest BCUT2D eigenvalue weighted by Crippen LogP contribution is -2.26. The smallest absolute Gasteiger partial charge is 0.254 e. The first-order chi connectivity index (χ1) is 11.1. The number of amides is 1. The Hall–Kier alpha value is -1.58. The summed E-state index contributed by atoms with van der Waals surface area (Å²) in [6.45, 7) is 0.596. The number of nitrogens with zero attached hydrogens (tertiary/aromatic N) is 1. The van der Waals surface area contributed by atoms with Crippen LogP contribution in [0.2, 0.25) is 10.0 Å². The number of thiophene rings is 1. The second-order valence-electron chi connectivity index (χ2n) is 5.08. The fourth-order valence-corrected chi connectivity index (χ4v) is 3.87. The molecule has 1 atom stereocenters. The zero-order valence-corrected chi connectivity index (χ0v) is 14.3. The van der Waals surface area contributed by atoms with E-state index in [0.717, 1.165) is 6.42 Å². The van der Waals surface area contributed by atoms with E-state index in [1.807, 2.05) is 0 Å². The summed E-state index contributed by atoms with van der Waals surface area (Å²) in [5.41, 5.74) is 1.79. The van der Waals surface area contributed by atoms with Gasteiger partial charge in [-0.3, -0.25) is 4.79 Å². The molecule has 1 N–H and O–H groups in total. The third-order valence-corrected chi connectivity index (χ3v) is 5.03. The second-order valence-corrected chi connectivity index (χ2v) is 6.80. The SMILES string of the molecule is N#Cc1c(-c2ccc(Cl)cc2Cl)csc1NC(=O)[C@H]1CCCO1. The molecule has 0 spiro atoms. The van der Waals surface area contributed by atoms with Crippen molar-refractivity contribution in [2.24, 2.45) is 0 Å². The summed E-state index contributed by atoms with van der Waals surface area (Å²) in [5.74, 6) is -0.213. The van der Waals surface area contributed by atoms with Crippen LogP contribution in [0.25, 0.3) is 11.1 Å². The highest BCUT2D eigenvalue weighted by molar-refractivity contribution is 7.15. The van der Waals surface area contributed by atoms with Crippen LogP contribution in [0, 0.1) is 11.3 Å². The van der Waals surface area contributed by atoms with Gasteiger partial charge < -0.3 is 10.1 Å². The van der Waals surface area contributed by atoms with E-state index >= 15 is 0 Å². The Morgan fingerprint density at radius 1 is 1.39 bits per heavy atom. The van der Waals surface area contributed by atoms with Crippen molar-refractivity contribution in [1.29, 1.82) is 5.26 Å². The van der Waals surface area contributed by atoms with E-state index in [-0.39, 0.29) is 5.91 Å². The summed E-state index contributed by atoms with van der Waals surface area (Å²) < 4.78 is 5.36. The number of carbonyl (C=O) groups excluding carboxylic acids is 1. The lowest BCUT2D eigenvalue weighted by molar-refractivity contribution is -0.124. The van der Waals surface area contributed by atoms with E-state index in [9.17, 15) is 10.1 Å². The normalized spacial score (nSPS) is 17.0. The average Bonchev–Trinajstić information content (AvgIpc) is 3.16. The Morgan fingerprint density at radius 3 is 2.87 bits per heavy atom. The fraction of sp³-hybridized carbons (Fsp3) is 0.250. The summed E-state index contributed by atoms with van der Waals surface area (Å²) >= 11 is 13.4. The Balaban J connectivity index is 1.91. The molecular formula is C16H12Cl2N2O2S. The van der Waals surface area contributed by atoms with Crippen LogP contribution in [-0.2, 0) is 9.53 Å². The molecule has 1 aliphatic heterocycles. The number of ether oxygens (including phenoxy) is 1. The third-order valence-electron chi connectivity index (χ3n) is 3.58. The number of hydrogen-bond donors (Lipinski definition) is 1. The summed E-state index contributed by atoms with van der Waals surface area (Å²) in [6.07, 6.45) is 1.14. The predicted octanol–water partition coefficient (Wildman–Crippen LogP) is 4.71. The van der Waals surface area contributed by atoms with Gasteiger partial charge >= 0.3 is 0 Å². The van der Waals surface area contributed by atoms with Gasteiger partial charge in [-0.2, -0.15) is 5.26 Å². The lowest BCUT2D eigenvalue weighted by Gasteiger charge is -2.09. The molecule has 1 amide bonds. The number of halogens is 2. The molecule has 2 heterocycles. The summed E-state index contributed by atoms with van der Waals surface area (Å²) in [5, 5.41) is 15.6. The highest BCUT2D eigenvalue weighted by atomic mass is 35.5. The zero-order valence-electron chi connectivity index (χ0n) is 11.9. The highest BCUT2D eigenvalue weighted by Crippen LogP contribution is 2.39. The van der Waals surface area contributed by atoms with Gasteiger partial charge in [0.15, 0.2) is 0 Å². The maximum Gasteiger partial charge on any atom is 0.254 e. The largest absolute Gasteiger partial charge is 0.368 e. The first-order valence-corrected chi connectivity index (χ1v) is 8.63. The zero-order chi connectivity index (χ0) is 16.4. The molecule has 0 radical (unpaired) electrons. The van der Waals surface area contributed by atoms with Gasteiger partial charge in [0.05, 0.1) is 5.56 Å². The maximum absolute atomic E-state index is 12.2. The van der Waals surface area contributed by atoms with E-state index < -0.39 is 6.10 Å². The molecule has 0 bridgehead atoms. The van der Waals surface area contributed by atoms with E-state index in [4.69, 9.17) is 27.9 Å².